The fourth-order valence-corrected chi connectivity index (χ4v) is 4.92. The van der Waals surface area contributed by atoms with Crippen molar-refractivity contribution < 1.29 is 26.8 Å². The Balaban J connectivity index is 1.35. The van der Waals surface area contributed by atoms with Gasteiger partial charge in [0.05, 0.1) is 12.0 Å². The summed E-state index contributed by atoms with van der Waals surface area (Å²) in [5.74, 6) is -0.270. The summed E-state index contributed by atoms with van der Waals surface area (Å²) in [5.41, 5.74) is 0.679. The number of methoxy groups -OCH3 is 1. The van der Waals surface area contributed by atoms with Gasteiger partial charge in [0.2, 0.25) is 21.8 Å². The summed E-state index contributed by atoms with van der Waals surface area (Å²) in [4.78, 5) is 12.6. The molecule has 1 aliphatic heterocycles. The molecule has 0 saturated carbocycles. The first kappa shape index (κ1) is 21.9. The molecule has 0 unspecified atom stereocenters. The Bertz CT molecular complexity index is 1190. The number of benzene rings is 2. The van der Waals surface area contributed by atoms with Gasteiger partial charge in [-0.05, 0) is 61.4 Å². The van der Waals surface area contributed by atoms with Crippen LogP contribution in [-0.4, -0.2) is 49.0 Å². The maximum absolute atomic E-state index is 13.1. The van der Waals surface area contributed by atoms with Crippen molar-refractivity contribution in [2.45, 2.75) is 17.7 Å². The van der Waals surface area contributed by atoms with E-state index in [0.29, 0.717) is 24.2 Å². The summed E-state index contributed by atoms with van der Waals surface area (Å²) in [6, 6.07) is 11.7. The second-order valence-corrected chi connectivity index (χ2v) is 9.20. The van der Waals surface area contributed by atoms with E-state index in [1.165, 1.54) is 16.4 Å². The van der Waals surface area contributed by atoms with E-state index < -0.39 is 21.8 Å². The minimum atomic E-state index is -3.73. The average Bonchev–Trinajstić information content (AvgIpc) is 3.28. The largest absolute Gasteiger partial charge is 0.497 e. The zero-order valence-corrected chi connectivity index (χ0v) is 18.0. The van der Waals surface area contributed by atoms with Gasteiger partial charge in [-0.1, -0.05) is 5.10 Å². The van der Waals surface area contributed by atoms with Crippen molar-refractivity contribution in [2.24, 2.45) is 5.92 Å². The van der Waals surface area contributed by atoms with Crippen LogP contribution < -0.4 is 10.1 Å². The summed E-state index contributed by atoms with van der Waals surface area (Å²) in [6.07, 6.45) is 0.678. The fourth-order valence-electron chi connectivity index (χ4n) is 3.45. The Morgan fingerprint density at radius 1 is 1.09 bits per heavy atom. The van der Waals surface area contributed by atoms with Gasteiger partial charge in [0.25, 0.3) is 0 Å². The lowest BCUT2D eigenvalue weighted by molar-refractivity contribution is -0.121. The highest BCUT2D eigenvalue weighted by molar-refractivity contribution is 7.89. The van der Waals surface area contributed by atoms with Crippen LogP contribution in [-0.2, 0) is 14.8 Å². The Morgan fingerprint density at radius 2 is 1.75 bits per heavy atom. The monoisotopic (exact) mass is 460 g/mol. The van der Waals surface area contributed by atoms with Crippen LogP contribution in [0, 0.1) is 11.7 Å². The topological polar surface area (TPSA) is 115 Å². The third kappa shape index (κ3) is 4.63. The van der Waals surface area contributed by atoms with E-state index in [-0.39, 0.29) is 35.8 Å². The number of carbonyl (C=O) groups is 1. The van der Waals surface area contributed by atoms with Crippen LogP contribution in [0.4, 0.5) is 10.4 Å². The SMILES string of the molecule is COc1ccc(-c2nnc(NC(=O)C3CCN(S(=O)(=O)c4ccc(F)cc4)CC3)o2)cc1. The van der Waals surface area contributed by atoms with Gasteiger partial charge < -0.3 is 9.15 Å². The molecule has 4 rings (SSSR count). The minimum absolute atomic E-state index is 0.0258. The van der Waals surface area contributed by atoms with E-state index in [4.69, 9.17) is 9.15 Å². The Kier molecular flexibility index (Phi) is 6.19. The molecule has 2 aromatic carbocycles. The number of ether oxygens (including phenoxy) is 1. The lowest BCUT2D eigenvalue weighted by atomic mass is 9.97. The molecule has 1 aliphatic rings. The van der Waals surface area contributed by atoms with Crippen molar-refractivity contribution in [1.29, 1.82) is 0 Å². The van der Waals surface area contributed by atoms with Gasteiger partial charge in [0, 0.05) is 24.6 Å². The molecule has 3 aromatic rings. The Labute approximate surface area is 184 Å². The number of nitrogens with zero attached hydrogens (tertiary/aromatic N) is 3. The molecule has 1 saturated heterocycles. The van der Waals surface area contributed by atoms with Crippen molar-refractivity contribution in [2.75, 3.05) is 25.5 Å². The van der Waals surface area contributed by atoms with Crippen molar-refractivity contribution in [1.82, 2.24) is 14.5 Å². The molecule has 32 heavy (non-hydrogen) atoms. The third-order valence-corrected chi connectivity index (χ3v) is 7.18. The molecule has 9 nitrogen and oxygen atoms in total. The molecule has 0 aliphatic carbocycles. The number of piperidine rings is 1. The van der Waals surface area contributed by atoms with Gasteiger partial charge in [-0.25, -0.2) is 12.8 Å². The standard InChI is InChI=1S/C21H21FN4O5S/c1-30-17-6-2-15(3-7-17)20-24-25-21(31-20)23-19(27)14-10-12-26(13-11-14)32(28,29)18-8-4-16(22)5-9-18/h2-9,14H,10-13H2,1H3,(H,23,25,27). The van der Waals surface area contributed by atoms with E-state index in [9.17, 15) is 17.6 Å². The van der Waals surface area contributed by atoms with Crippen molar-refractivity contribution in [3.05, 3.63) is 54.3 Å². The summed E-state index contributed by atoms with van der Waals surface area (Å²) in [7, 11) is -2.17. The number of nitrogens with one attached hydrogen (secondary N) is 1. The first-order chi connectivity index (χ1) is 15.4. The third-order valence-electron chi connectivity index (χ3n) is 5.27. The van der Waals surface area contributed by atoms with Crippen molar-refractivity contribution in [3.8, 4) is 17.2 Å². The molecular formula is C21H21FN4O5S. The maximum atomic E-state index is 13.1. The van der Waals surface area contributed by atoms with Crippen LogP contribution in [0.2, 0.25) is 0 Å². The molecule has 0 atom stereocenters. The number of aromatic nitrogens is 2. The second kappa shape index (κ2) is 9.05. The Morgan fingerprint density at radius 3 is 2.38 bits per heavy atom. The van der Waals surface area contributed by atoms with Crippen LogP contribution in [0.1, 0.15) is 12.8 Å². The number of sulfonamides is 1. The van der Waals surface area contributed by atoms with Crippen LogP contribution in [0.5, 0.6) is 5.75 Å². The van der Waals surface area contributed by atoms with E-state index in [1.807, 2.05) is 0 Å². The summed E-state index contributed by atoms with van der Waals surface area (Å²) in [5, 5.41) is 10.4. The molecule has 11 heteroatoms. The number of amides is 1. The van der Waals surface area contributed by atoms with E-state index in [2.05, 4.69) is 15.5 Å². The molecule has 1 aromatic heterocycles. The van der Waals surface area contributed by atoms with E-state index in [1.54, 1.807) is 31.4 Å². The number of halogens is 1. The van der Waals surface area contributed by atoms with Gasteiger partial charge in [-0.3, -0.25) is 10.1 Å². The fraction of sp³-hybridized carbons (Fsp3) is 0.286. The summed E-state index contributed by atoms with van der Waals surface area (Å²) < 4.78 is 50.4. The first-order valence-electron chi connectivity index (χ1n) is 9.91. The van der Waals surface area contributed by atoms with Crippen molar-refractivity contribution in [3.63, 3.8) is 0 Å². The molecule has 2 heterocycles. The number of rotatable bonds is 6. The normalized spacial score (nSPS) is 15.4. The average molecular weight is 460 g/mol. The highest BCUT2D eigenvalue weighted by atomic mass is 32.2. The van der Waals surface area contributed by atoms with E-state index >= 15 is 0 Å². The maximum Gasteiger partial charge on any atom is 0.322 e. The predicted molar refractivity (Wildman–Crippen MR) is 113 cm³/mol. The van der Waals surface area contributed by atoms with Gasteiger partial charge in [0.15, 0.2) is 0 Å². The highest BCUT2D eigenvalue weighted by Crippen LogP contribution is 2.26. The van der Waals surface area contributed by atoms with Gasteiger partial charge in [0.1, 0.15) is 11.6 Å². The first-order valence-corrected chi connectivity index (χ1v) is 11.4. The number of hydrogen-bond acceptors (Lipinski definition) is 7. The second-order valence-electron chi connectivity index (χ2n) is 7.26. The van der Waals surface area contributed by atoms with Gasteiger partial charge in [-0.15, -0.1) is 5.10 Å². The molecular weight excluding hydrogens is 439 g/mol. The molecule has 0 bridgehead atoms. The molecule has 1 fully saturated rings. The number of anilines is 1. The molecule has 1 N–H and O–H groups in total. The van der Waals surface area contributed by atoms with Crippen LogP contribution in [0.25, 0.3) is 11.5 Å². The lowest BCUT2D eigenvalue weighted by Crippen LogP contribution is -2.41. The van der Waals surface area contributed by atoms with E-state index in [0.717, 1.165) is 12.1 Å². The predicted octanol–water partition coefficient (Wildman–Crippen LogP) is 2.92. The van der Waals surface area contributed by atoms with Crippen LogP contribution >= 0.6 is 0 Å². The number of hydrogen-bond donors (Lipinski definition) is 1. The number of carbonyl (C=O) groups excluding carboxylic acids is 1. The van der Waals surface area contributed by atoms with Gasteiger partial charge >= 0.3 is 6.01 Å². The molecule has 1 amide bonds. The highest BCUT2D eigenvalue weighted by Gasteiger charge is 2.32. The lowest BCUT2D eigenvalue weighted by Gasteiger charge is -2.30. The van der Waals surface area contributed by atoms with Crippen LogP contribution in [0.3, 0.4) is 0 Å². The zero-order chi connectivity index (χ0) is 22.7. The molecule has 168 valence electrons. The minimum Gasteiger partial charge on any atom is -0.497 e. The smallest absolute Gasteiger partial charge is 0.322 e. The quantitative estimate of drug-likeness (QED) is 0.601. The van der Waals surface area contributed by atoms with Crippen LogP contribution in [0.15, 0.2) is 57.8 Å². The van der Waals surface area contributed by atoms with Gasteiger partial charge in [-0.2, -0.15) is 4.31 Å². The molecule has 0 radical (unpaired) electrons. The molecule has 0 spiro atoms. The summed E-state index contributed by atoms with van der Waals surface area (Å²) in [6.45, 7) is 0.359. The summed E-state index contributed by atoms with van der Waals surface area (Å²) >= 11 is 0. The van der Waals surface area contributed by atoms with Crippen molar-refractivity contribution >= 4 is 21.9 Å². The zero-order valence-electron chi connectivity index (χ0n) is 17.2. The Hall–Kier alpha value is -3.31.